The Hall–Kier alpha value is -2.12. The van der Waals surface area contributed by atoms with Gasteiger partial charge in [0.1, 0.15) is 17.5 Å². The van der Waals surface area contributed by atoms with Crippen LogP contribution in [0.5, 0.6) is 5.75 Å². The molecular formula is C22H27ClN2O4. The first-order chi connectivity index (χ1) is 13.9. The molecule has 2 aromatic rings. The lowest BCUT2D eigenvalue weighted by Crippen LogP contribution is -2.60. The summed E-state index contributed by atoms with van der Waals surface area (Å²) in [7, 11) is 1.64. The third-order valence-corrected chi connectivity index (χ3v) is 5.61. The molecule has 3 rings (SSSR count). The summed E-state index contributed by atoms with van der Waals surface area (Å²) in [5.41, 5.74) is 0.391. The van der Waals surface area contributed by atoms with Gasteiger partial charge in [-0.25, -0.2) is 0 Å². The Balaban J connectivity index is 1.48. The summed E-state index contributed by atoms with van der Waals surface area (Å²) < 4.78 is 5.22. The Labute approximate surface area is 176 Å². The van der Waals surface area contributed by atoms with E-state index in [1.807, 2.05) is 24.3 Å². The van der Waals surface area contributed by atoms with Crippen molar-refractivity contribution >= 4 is 17.5 Å². The number of benzene rings is 2. The van der Waals surface area contributed by atoms with Crippen LogP contribution in [0.4, 0.5) is 0 Å². The molecule has 1 saturated heterocycles. The number of carbonyl (C=O) groups is 1. The minimum absolute atomic E-state index is 0.0928. The van der Waals surface area contributed by atoms with Gasteiger partial charge >= 0.3 is 0 Å². The predicted molar refractivity (Wildman–Crippen MR) is 112 cm³/mol. The summed E-state index contributed by atoms with van der Waals surface area (Å²) in [6.45, 7) is 1.40. The summed E-state index contributed by atoms with van der Waals surface area (Å²) in [5, 5.41) is 25.1. The minimum atomic E-state index is -1.26. The first kappa shape index (κ1) is 21.6. The summed E-state index contributed by atoms with van der Waals surface area (Å²) in [5.74, 6) is 0.642. The van der Waals surface area contributed by atoms with E-state index in [0.717, 1.165) is 17.7 Å². The summed E-state index contributed by atoms with van der Waals surface area (Å²) in [6.07, 6.45) is 0.0707. The molecule has 3 N–H and O–H groups in total. The Kier molecular flexibility index (Phi) is 7.14. The molecule has 2 atom stereocenters. The van der Waals surface area contributed by atoms with Crippen molar-refractivity contribution in [2.24, 2.45) is 0 Å². The number of methoxy groups -OCH3 is 1. The van der Waals surface area contributed by atoms with E-state index >= 15 is 0 Å². The van der Waals surface area contributed by atoms with Gasteiger partial charge in [0.2, 0.25) is 0 Å². The molecule has 0 saturated carbocycles. The maximum absolute atomic E-state index is 12.6. The molecule has 29 heavy (non-hydrogen) atoms. The van der Waals surface area contributed by atoms with Crippen LogP contribution >= 0.6 is 11.6 Å². The van der Waals surface area contributed by atoms with E-state index in [4.69, 9.17) is 16.3 Å². The second kappa shape index (κ2) is 9.59. The lowest BCUT2D eigenvalue weighted by Gasteiger charge is -2.42. The molecule has 1 amide bonds. The highest BCUT2D eigenvalue weighted by Gasteiger charge is 2.41. The molecule has 2 aromatic carbocycles. The Bertz CT molecular complexity index is 830. The van der Waals surface area contributed by atoms with E-state index in [1.54, 1.807) is 36.3 Å². The van der Waals surface area contributed by atoms with Crippen molar-refractivity contribution in [2.75, 3.05) is 33.3 Å². The van der Waals surface area contributed by atoms with Crippen molar-refractivity contribution < 1.29 is 19.7 Å². The van der Waals surface area contributed by atoms with E-state index in [0.29, 0.717) is 30.1 Å². The van der Waals surface area contributed by atoms with Gasteiger partial charge in [0.05, 0.1) is 7.11 Å². The first-order valence-electron chi connectivity index (χ1n) is 9.70. The van der Waals surface area contributed by atoms with Gasteiger partial charge in [-0.15, -0.1) is 0 Å². The highest BCUT2D eigenvalue weighted by Crippen LogP contribution is 2.24. The van der Waals surface area contributed by atoms with Crippen LogP contribution in [0.25, 0.3) is 0 Å². The van der Waals surface area contributed by atoms with Gasteiger partial charge in [0.25, 0.3) is 5.91 Å². The zero-order valence-corrected chi connectivity index (χ0v) is 17.2. The molecule has 1 heterocycles. The zero-order valence-electron chi connectivity index (χ0n) is 16.5. The van der Waals surface area contributed by atoms with E-state index in [-0.39, 0.29) is 19.0 Å². The van der Waals surface area contributed by atoms with Crippen LogP contribution in [0.1, 0.15) is 22.3 Å². The smallest absolute Gasteiger partial charge is 0.253 e. The fraction of sp³-hybridized carbons (Fsp3) is 0.409. The highest BCUT2D eigenvalue weighted by molar-refractivity contribution is 6.30. The predicted octanol–water partition coefficient (Wildman–Crippen LogP) is 2.12. The van der Waals surface area contributed by atoms with Crippen molar-refractivity contribution in [1.82, 2.24) is 10.2 Å². The van der Waals surface area contributed by atoms with Crippen LogP contribution < -0.4 is 10.1 Å². The molecule has 1 fully saturated rings. The van der Waals surface area contributed by atoms with Crippen LogP contribution in [0, 0.1) is 0 Å². The third kappa shape index (κ3) is 5.48. The standard InChI is InChI=1S/C22H27ClN2O4/c1-29-19-4-2-3-16(13-19)9-11-24-15-22(28)10-12-25(14-20(22)26)21(27)17-5-7-18(23)8-6-17/h2-8,13,20,24,26,28H,9-12,14-15H2,1H3/t20-,22-/m0/s1. The number of hydrogen-bond donors (Lipinski definition) is 3. The molecule has 1 aliphatic heterocycles. The second-order valence-corrected chi connectivity index (χ2v) is 7.84. The number of rotatable bonds is 7. The molecular weight excluding hydrogens is 392 g/mol. The molecule has 0 aromatic heterocycles. The molecule has 0 aliphatic carbocycles. The van der Waals surface area contributed by atoms with Crippen LogP contribution in [0.3, 0.4) is 0 Å². The normalized spacial score (nSPS) is 21.8. The topological polar surface area (TPSA) is 82.0 Å². The molecule has 7 heteroatoms. The molecule has 0 radical (unpaired) electrons. The fourth-order valence-electron chi connectivity index (χ4n) is 3.50. The maximum atomic E-state index is 12.6. The highest BCUT2D eigenvalue weighted by atomic mass is 35.5. The van der Waals surface area contributed by atoms with Crippen LogP contribution in [-0.4, -0.2) is 66.0 Å². The van der Waals surface area contributed by atoms with Gasteiger partial charge in [0, 0.05) is 30.2 Å². The number of aliphatic hydroxyl groups excluding tert-OH is 1. The van der Waals surface area contributed by atoms with Crippen molar-refractivity contribution in [3.05, 3.63) is 64.7 Å². The van der Waals surface area contributed by atoms with Gasteiger partial charge in [-0.2, -0.15) is 0 Å². The lowest BCUT2D eigenvalue weighted by atomic mass is 9.88. The number of β-amino-alcohol motifs (C(OH)–C–C–N with tert-alkyl or cyclic N) is 1. The molecule has 0 bridgehead atoms. The van der Waals surface area contributed by atoms with E-state index in [1.165, 1.54) is 0 Å². The maximum Gasteiger partial charge on any atom is 0.253 e. The van der Waals surface area contributed by atoms with Crippen molar-refractivity contribution in [1.29, 1.82) is 0 Å². The molecule has 0 unspecified atom stereocenters. The zero-order chi connectivity index (χ0) is 20.9. The largest absolute Gasteiger partial charge is 0.497 e. The van der Waals surface area contributed by atoms with Crippen molar-refractivity contribution in [2.45, 2.75) is 24.5 Å². The monoisotopic (exact) mass is 418 g/mol. The average molecular weight is 419 g/mol. The average Bonchev–Trinajstić information content (AvgIpc) is 2.73. The number of hydrogen-bond acceptors (Lipinski definition) is 5. The summed E-state index contributed by atoms with van der Waals surface area (Å²) >= 11 is 5.87. The number of aliphatic hydroxyl groups is 2. The molecule has 156 valence electrons. The SMILES string of the molecule is COc1cccc(CCNC[C@@]2(O)CCN(C(=O)c3ccc(Cl)cc3)C[C@@H]2O)c1. The van der Waals surface area contributed by atoms with Crippen molar-refractivity contribution in [3.8, 4) is 5.75 Å². The summed E-state index contributed by atoms with van der Waals surface area (Å²) in [6, 6.07) is 14.5. The number of nitrogens with one attached hydrogen (secondary N) is 1. The van der Waals surface area contributed by atoms with Crippen LogP contribution in [0.15, 0.2) is 48.5 Å². The fourth-order valence-corrected chi connectivity index (χ4v) is 3.62. The van der Waals surface area contributed by atoms with E-state index in [9.17, 15) is 15.0 Å². The van der Waals surface area contributed by atoms with Gasteiger partial charge in [0.15, 0.2) is 0 Å². The Morgan fingerprint density at radius 2 is 2.07 bits per heavy atom. The van der Waals surface area contributed by atoms with E-state index < -0.39 is 11.7 Å². The van der Waals surface area contributed by atoms with Gasteiger partial charge < -0.3 is 25.2 Å². The molecule has 6 nitrogen and oxygen atoms in total. The Morgan fingerprint density at radius 1 is 1.31 bits per heavy atom. The number of amides is 1. The lowest BCUT2D eigenvalue weighted by molar-refractivity contribution is -0.110. The number of piperidine rings is 1. The summed E-state index contributed by atoms with van der Waals surface area (Å²) in [4.78, 5) is 14.2. The van der Waals surface area contributed by atoms with Gasteiger partial charge in [-0.1, -0.05) is 23.7 Å². The first-order valence-corrected chi connectivity index (χ1v) is 10.1. The van der Waals surface area contributed by atoms with E-state index in [2.05, 4.69) is 5.32 Å². The third-order valence-electron chi connectivity index (χ3n) is 5.36. The second-order valence-electron chi connectivity index (χ2n) is 7.41. The Morgan fingerprint density at radius 3 is 2.76 bits per heavy atom. The quantitative estimate of drug-likeness (QED) is 0.600. The molecule has 1 aliphatic rings. The minimum Gasteiger partial charge on any atom is -0.497 e. The number of likely N-dealkylation sites (tertiary alicyclic amines) is 1. The number of carbonyl (C=O) groups excluding carboxylic acids is 1. The molecule has 0 spiro atoms. The van der Waals surface area contributed by atoms with Crippen LogP contribution in [-0.2, 0) is 6.42 Å². The number of halogens is 1. The van der Waals surface area contributed by atoms with Gasteiger partial charge in [-0.05, 0) is 61.3 Å². The van der Waals surface area contributed by atoms with Gasteiger partial charge in [-0.3, -0.25) is 4.79 Å². The van der Waals surface area contributed by atoms with Crippen LogP contribution in [0.2, 0.25) is 5.02 Å². The van der Waals surface area contributed by atoms with Crippen molar-refractivity contribution in [3.63, 3.8) is 0 Å². The number of nitrogens with zero attached hydrogens (tertiary/aromatic N) is 1. The number of ether oxygens (including phenoxy) is 1.